The Labute approximate surface area is 156 Å². The van der Waals surface area contributed by atoms with Gasteiger partial charge in [-0.2, -0.15) is 13.2 Å². The van der Waals surface area contributed by atoms with Crippen molar-refractivity contribution in [1.29, 1.82) is 0 Å². The van der Waals surface area contributed by atoms with Crippen LogP contribution in [0.5, 0.6) is 0 Å². The summed E-state index contributed by atoms with van der Waals surface area (Å²) in [7, 11) is 0. The van der Waals surface area contributed by atoms with Crippen molar-refractivity contribution in [2.24, 2.45) is 0 Å². The average Bonchev–Trinajstić information content (AvgIpc) is 2.68. The number of halogens is 3. The van der Waals surface area contributed by atoms with Gasteiger partial charge < -0.3 is 20.3 Å². The molecular weight excluding hydrogens is 361 g/mol. The molecule has 1 atom stereocenters. The highest BCUT2D eigenvalue weighted by atomic mass is 19.4. The minimum absolute atomic E-state index is 0.314. The molecule has 2 N–H and O–H groups in total. The molecule has 0 bridgehead atoms. The third-order valence-corrected chi connectivity index (χ3v) is 4.93. The molecule has 1 unspecified atom stereocenters. The molecule has 27 heavy (non-hydrogen) atoms. The lowest BCUT2D eigenvalue weighted by Gasteiger charge is -2.35. The minimum atomic E-state index is -4.38. The smallest absolute Gasteiger partial charge is 0.378 e. The topological polar surface area (TPSA) is 56.8 Å². The van der Waals surface area contributed by atoms with Crippen molar-refractivity contribution in [2.75, 3.05) is 63.9 Å². The van der Waals surface area contributed by atoms with E-state index in [1.807, 2.05) is 12.1 Å². The van der Waals surface area contributed by atoms with E-state index < -0.39 is 24.7 Å². The number of carbonyl (C=O) groups excluding carboxylic acids is 1. The number of nitrogens with one attached hydrogen (secondary N) is 2. The van der Waals surface area contributed by atoms with Crippen LogP contribution in [-0.4, -0.2) is 82.1 Å². The Morgan fingerprint density at radius 2 is 1.74 bits per heavy atom. The maximum absolute atomic E-state index is 13.4. The molecule has 0 spiro atoms. The van der Waals surface area contributed by atoms with Crippen molar-refractivity contribution in [3.63, 3.8) is 0 Å². The van der Waals surface area contributed by atoms with E-state index in [-0.39, 0.29) is 0 Å². The fraction of sp³-hybridized carbons (Fsp3) is 0.611. The molecule has 6 nitrogen and oxygen atoms in total. The van der Waals surface area contributed by atoms with Crippen LogP contribution in [0.4, 0.5) is 18.9 Å². The molecule has 0 saturated carbocycles. The predicted molar refractivity (Wildman–Crippen MR) is 96.1 cm³/mol. The van der Waals surface area contributed by atoms with Crippen LogP contribution in [0, 0.1) is 0 Å². The van der Waals surface area contributed by atoms with Crippen LogP contribution in [0.2, 0.25) is 0 Å². The zero-order chi connectivity index (χ0) is 19.3. The standard InChI is InChI=1S/C18H25F3N4O2/c19-18(20,21)16(25-7-5-22-6-8-25)13-23-17(26)14-1-3-15(4-2-14)24-9-11-27-12-10-24/h1-4,16,22H,5-13H2,(H,23,26). The third kappa shape index (κ3) is 5.33. The Kier molecular flexibility index (Phi) is 6.56. The van der Waals surface area contributed by atoms with E-state index >= 15 is 0 Å². The number of morpholine rings is 1. The van der Waals surface area contributed by atoms with Crippen LogP contribution < -0.4 is 15.5 Å². The largest absolute Gasteiger partial charge is 0.405 e. The fourth-order valence-corrected chi connectivity index (χ4v) is 3.38. The maximum atomic E-state index is 13.4. The van der Waals surface area contributed by atoms with Crippen molar-refractivity contribution in [3.05, 3.63) is 29.8 Å². The average molecular weight is 386 g/mol. The Bertz CT molecular complexity index is 612. The second-order valence-electron chi connectivity index (χ2n) is 6.70. The molecule has 2 fully saturated rings. The Hall–Kier alpha value is -1.84. The monoisotopic (exact) mass is 386 g/mol. The summed E-state index contributed by atoms with van der Waals surface area (Å²) in [5.41, 5.74) is 1.33. The van der Waals surface area contributed by atoms with Crippen LogP contribution >= 0.6 is 0 Å². The molecule has 9 heteroatoms. The first-order valence-corrected chi connectivity index (χ1v) is 9.17. The van der Waals surface area contributed by atoms with Crippen molar-refractivity contribution >= 4 is 11.6 Å². The summed E-state index contributed by atoms with van der Waals surface area (Å²) in [6.07, 6.45) is -4.38. The molecule has 2 heterocycles. The molecule has 150 valence electrons. The number of rotatable bonds is 5. The number of alkyl halides is 3. The summed E-state index contributed by atoms with van der Waals surface area (Å²) in [6.45, 7) is 4.09. The van der Waals surface area contributed by atoms with Gasteiger partial charge in [-0.1, -0.05) is 0 Å². The number of piperazine rings is 1. The van der Waals surface area contributed by atoms with Crippen molar-refractivity contribution in [1.82, 2.24) is 15.5 Å². The molecule has 1 aromatic rings. The second kappa shape index (κ2) is 8.90. The first-order valence-electron chi connectivity index (χ1n) is 9.17. The van der Waals surface area contributed by atoms with Gasteiger partial charge in [-0.3, -0.25) is 9.69 Å². The molecule has 0 aromatic heterocycles. The summed E-state index contributed by atoms with van der Waals surface area (Å²) in [5.74, 6) is -0.493. The lowest BCUT2D eigenvalue weighted by molar-refractivity contribution is -0.183. The van der Waals surface area contributed by atoms with Crippen molar-refractivity contribution in [2.45, 2.75) is 12.2 Å². The first kappa shape index (κ1) is 19.9. The van der Waals surface area contributed by atoms with E-state index in [9.17, 15) is 18.0 Å². The van der Waals surface area contributed by atoms with Crippen LogP contribution in [0.1, 0.15) is 10.4 Å². The summed E-state index contributed by atoms with van der Waals surface area (Å²) in [4.78, 5) is 15.8. The van der Waals surface area contributed by atoms with Gasteiger partial charge in [0.2, 0.25) is 0 Å². The molecule has 2 aliphatic heterocycles. The van der Waals surface area contributed by atoms with E-state index in [1.54, 1.807) is 12.1 Å². The van der Waals surface area contributed by atoms with E-state index in [0.29, 0.717) is 45.0 Å². The number of amides is 1. The number of benzene rings is 1. The highest BCUT2D eigenvalue weighted by Crippen LogP contribution is 2.25. The molecule has 3 rings (SSSR count). The zero-order valence-corrected chi connectivity index (χ0v) is 15.1. The third-order valence-electron chi connectivity index (χ3n) is 4.93. The second-order valence-corrected chi connectivity index (χ2v) is 6.70. The quantitative estimate of drug-likeness (QED) is 0.794. The molecule has 0 aliphatic carbocycles. The summed E-state index contributed by atoms with van der Waals surface area (Å²) in [6, 6.07) is 5.26. The van der Waals surface area contributed by atoms with Gasteiger partial charge in [-0.05, 0) is 24.3 Å². The molecule has 2 aliphatic rings. The highest BCUT2D eigenvalue weighted by molar-refractivity contribution is 5.94. The Balaban J connectivity index is 1.58. The maximum Gasteiger partial charge on any atom is 0.405 e. The SMILES string of the molecule is O=C(NCC(N1CCNCC1)C(F)(F)F)c1ccc(N2CCOCC2)cc1. The highest BCUT2D eigenvalue weighted by Gasteiger charge is 2.43. The number of nitrogens with zero attached hydrogens (tertiary/aromatic N) is 2. The number of carbonyl (C=O) groups is 1. The minimum Gasteiger partial charge on any atom is -0.378 e. The van der Waals surface area contributed by atoms with Gasteiger partial charge in [0.1, 0.15) is 6.04 Å². The van der Waals surface area contributed by atoms with E-state index in [1.165, 1.54) is 4.90 Å². The fourth-order valence-electron chi connectivity index (χ4n) is 3.38. The zero-order valence-electron chi connectivity index (χ0n) is 15.1. The van der Waals surface area contributed by atoms with E-state index in [0.717, 1.165) is 18.8 Å². The van der Waals surface area contributed by atoms with Crippen molar-refractivity contribution < 1.29 is 22.7 Å². The van der Waals surface area contributed by atoms with E-state index in [2.05, 4.69) is 15.5 Å². The summed E-state index contributed by atoms with van der Waals surface area (Å²) in [5, 5.41) is 5.48. The summed E-state index contributed by atoms with van der Waals surface area (Å²) >= 11 is 0. The van der Waals surface area contributed by atoms with Crippen LogP contribution in [0.15, 0.2) is 24.3 Å². The normalized spacial score (nSPS) is 20.3. The Morgan fingerprint density at radius 1 is 1.11 bits per heavy atom. The van der Waals surface area contributed by atoms with Gasteiger partial charge >= 0.3 is 6.18 Å². The number of hydrogen-bond acceptors (Lipinski definition) is 5. The van der Waals surface area contributed by atoms with Gasteiger partial charge in [-0.25, -0.2) is 0 Å². The van der Waals surface area contributed by atoms with Gasteiger partial charge in [0.05, 0.1) is 13.2 Å². The number of ether oxygens (including phenoxy) is 1. The molecule has 1 aromatic carbocycles. The molecule has 1 amide bonds. The molecular formula is C18H25F3N4O2. The van der Waals surface area contributed by atoms with Gasteiger partial charge in [0.25, 0.3) is 5.91 Å². The van der Waals surface area contributed by atoms with Gasteiger partial charge in [-0.15, -0.1) is 0 Å². The number of hydrogen-bond donors (Lipinski definition) is 2. The van der Waals surface area contributed by atoms with Crippen molar-refractivity contribution in [3.8, 4) is 0 Å². The Morgan fingerprint density at radius 3 is 2.33 bits per heavy atom. The van der Waals surface area contributed by atoms with Crippen LogP contribution in [0.25, 0.3) is 0 Å². The first-order chi connectivity index (χ1) is 12.9. The predicted octanol–water partition coefficient (Wildman–Crippen LogP) is 1.09. The lowest BCUT2D eigenvalue weighted by Crippen LogP contribution is -2.57. The summed E-state index contributed by atoms with van der Waals surface area (Å²) < 4.78 is 45.5. The van der Waals surface area contributed by atoms with Gasteiger partial charge in [0, 0.05) is 57.1 Å². The number of anilines is 1. The molecule has 2 saturated heterocycles. The van der Waals surface area contributed by atoms with Crippen LogP contribution in [0.3, 0.4) is 0 Å². The van der Waals surface area contributed by atoms with Gasteiger partial charge in [0.15, 0.2) is 0 Å². The van der Waals surface area contributed by atoms with E-state index in [4.69, 9.17) is 4.74 Å². The molecule has 0 radical (unpaired) electrons. The lowest BCUT2D eigenvalue weighted by atomic mass is 10.1. The van der Waals surface area contributed by atoms with Crippen LogP contribution in [-0.2, 0) is 4.74 Å².